The number of urea groups is 1. The summed E-state index contributed by atoms with van der Waals surface area (Å²) in [7, 11) is 1.64. The number of anilines is 3. The summed E-state index contributed by atoms with van der Waals surface area (Å²) in [6.45, 7) is 3.95. The first-order valence-electron chi connectivity index (χ1n) is 11.0. The van der Waals surface area contributed by atoms with Crippen molar-refractivity contribution in [3.63, 3.8) is 0 Å². The molecular formula is C24H25F2N7O3. The fraction of sp³-hybridized carbons (Fsp3) is 0.292. The number of carbonyl (C=O) groups is 3. The third kappa shape index (κ3) is 5.93. The number of fused-ring (bicyclic) bond motifs is 1. The molecule has 0 radical (unpaired) electrons. The van der Waals surface area contributed by atoms with Crippen molar-refractivity contribution in [2.75, 3.05) is 22.6 Å². The Labute approximate surface area is 205 Å². The number of aryl methyl sites for hydroxylation is 1. The Morgan fingerprint density at radius 1 is 1.17 bits per heavy atom. The molecule has 1 aromatic heterocycles. The van der Waals surface area contributed by atoms with Crippen LogP contribution in [0.3, 0.4) is 0 Å². The van der Waals surface area contributed by atoms with Gasteiger partial charge in [-0.2, -0.15) is 5.26 Å². The molecule has 4 amide bonds. The van der Waals surface area contributed by atoms with Gasteiger partial charge in [0, 0.05) is 32.1 Å². The van der Waals surface area contributed by atoms with E-state index >= 15 is 0 Å². The molecule has 0 saturated carbocycles. The Morgan fingerprint density at radius 2 is 1.83 bits per heavy atom. The average Bonchev–Trinajstić information content (AvgIpc) is 3.14. The van der Waals surface area contributed by atoms with Crippen molar-refractivity contribution in [3.05, 3.63) is 47.5 Å². The number of nitrogens with two attached hydrogens (primary N) is 1. The number of nitrogens with one attached hydrogen (secondary N) is 2. The van der Waals surface area contributed by atoms with E-state index in [0.717, 1.165) is 12.1 Å². The summed E-state index contributed by atoms with van der Waals surface area (Å²) in [5, 5.41) is 13.3. The minimum atomic E-state index is -1.12. The number of hydrogen-bond donors (Lipinski definition) is 3. The van der Waals surface area contributed by atoms with Crippen LogP contribution in [0.25, 0.3) is 11.0 Å². The van der Waals surface area contributed by atoms with Gasteiger partial charge in [0.2, 0.25) is 17.8 Å². The van der Waals surface area contributed by atoms with Gasteiger partial charge in [-0.05, 0) is 36.2 Å². The second kappa shape index (κ2) is 10.8. The van der Waals surface area contributed by atoms with Crippen molar-refractivity contribution >= 4 is 46.2 Å². The van der Waals surface area contributed by atoms with Crippen molar-refractivity contribution in [1.29, 1.82) is 5.26 Å². The number of primary amides is 1. The highest BCUT2D eigenvalue weighted by atomic mass is 19.1. The third-order valence-electron chi connectivity index (χ3n) is 5.29. The van der Waals surface area contributed by atoms with Gasteiger partial charge in [0.05, 0.1) is 22.7 Å². The summed E-state index contributed by atoms with van der Waals surface area (Å²) >= 11 is 0. The number of aromatic nitrogens is 2. The molecule has 36 heavy (non-hydrogen) atoms. The number of rotatable bonds is 8. The van der Waals surface area contributed by atoms with Gasteiger partial charge < -0.3 is 20.5 Å². The molecule has 188 valence electrons. The van der Waals surface area contributed by atoms with Gasteiger partial charge in [0.25, 0.3) is 0 Å². The standard InChI is InChI=1S/C24H25F2N7O3/c1-13(2)8-21(35)32(3)15-4-5-19-18(11-15)29-23(33(19)7-6-20(28)34)31-24(36)30-22-16(25)9-14(12-27)10-17(22)26/h4-5,9-11,13H,6-8H2,1-3H3,(H2,28,34)(H2,29,30,31,36). The number of halogens is 2. The van der Waals surface area contributed by atoms with Gasteiger partial charge in [0.15, 0.2) is 11.6 Å². The topological polar surface area (TPSA) is 146 Å². The molecule has 2 aromatic carbocycles. The summed E-state index contributed by atoms with van der Waals surface area (Å²) < 4.78 is 29.9. The van der Waals surface area contributed by atoms with Crippen molar-refractivity contribution in [3.8, 4) is 6.07 Å². The quantitative estimate of drug-likeness (QED) is 0.434. The van der Waals surface area contributed by atoms with E-state index in [1.54, 1.807) is 31.3 Å². The molecule has 0 aliphatic heterocycles. The van der Waals surface area contributed by atoms with Crippen LogP contribution in [0.4, 0.5) is 30.9 Å². The molecule has 3 rings (SSSR count). The minimum Gasteiger partial charge on any atom is -0.370 e. The van der Waals surface area contributed by atoms with Gasteiger partial charge in [-0.25, -0.2) is 18.6 Å². The molecule has 0 spiro atoms. The molecule has 0 fully saturated rings. The molecule has 0 bridgehead atoms. The third-order valence-corrected chi connectivity index (χ3v) is 5.29. The van der Waals surface area contributed by atoms with Crippen LogP contribution in [-0.2, 0) is 16.1 Å². The summed E-state index contributed by atoms with van der Waals surface area (Å²) in [6.07, 6.45) is 0.298. The molecule has 0 aliphatic rings. The number of nitriles is 1. The predicted molar refractivity (Wildman–Crippen MR) is 130 cm³/mol. The second-order valence-electron chi connectivity index (χ2n) is 8.53. The van der Waals surface area contributed by atoms with Crippen LogP contribution >= 0.6 is 0 Å². The molecule has 4 N–H and O–H groups in total. The van der Waals surface area contributed by atoms with Gasteiger partial charge in [-0.1, -0.05) is 13.8 Å². The fourth-order valence-electron chi connectivity index (χ4n) is 3.50. The fourth-order valence-corrected chi connectivity index (χ4v) is 3.50. The van der Waals surface area contributed by atoms with E-state index in [1.165, 1.54) is 9.47 Å². The molecule has 3 aromatic rings. The molecule has 1 heterocycles. The van der Waals surface area contributed by atoms with Crippen LogP contribution < -0.4 is 21.3 Å². The van der Waals surface area contributed by atoms with Crippen molar-refractivity contribution in [1.82, 2.24) is 9.55 Å². The van der Waals surface area contributed by atoms with E-state index in [1.807, 2.05) is 13.8 Å². The minimum absolute atomic E-state index is 0.00785. The normalized spacial score (nSPS) is 10.8. The maximum atomic E-state index is 14.2. The molecule has 12 heteroatoms. The lowest BCUT2D eigenvalue weighted by atomic mass is 10.1. The van der Waals surface area contributed by atoms with Gasteiger partial charge >= 0.3 is 6.03 Å². The van der Waals surface area contributed by atoms with Gasteiger partial charge in [0.1, 0.15) is 5.69 Å². The van der Waals surface area contributed by atoms with Crippen LogP contribution in [0.5, 0.6) is 0 Å². The second-order valence-corrected chi connectivity index (χ2v) is 8.53. The monoisotopic (exact) mass is 497 g/mol. The smallest absolute Gasteiger partial charge is 0.326 e. The zero-order chi connectivity index (χ0) is 26.6. The number of amides is 4. The lowest BCUT2D eigenvalue weighted by Crippen LogP contribution is -2.27. The predicted octanol–water partition coefficient (Wildman–Crippen LogP) is 3.71. The molecule has 10 nitrogen and oxygen atoms in total. The first-order valence-corrected chi connectivity index (χ1v) is 11.0. The van der Waals surface area contributed by atoms with Crippen molar-refractivity contribution < 1.29 is 23.2 Å². The molecular weight excluding hydrogens is 472 g/mol. The van der Waals surface area contributed by atoms with E-state index < -0.39 is 29.3 Å². The van der Waals surface area contributed by atoms with Gasteiger partial charge in [-0.15, -0.1) is 0 Å². The Kier molecular flexibility index (Phi) is 7.83. The Balaban J connectivity index is 1.92. The molecule has 0 atom stereocenters. The number of nitrogens with zero attached hydrogens (tertiary/aromatic N) is 4. The molecule has 0 aliphatic carbocycles. The first kappa shape index (κ1) is 26.1. The van der Waals surface area contributed by atoms with Crippen LogP contribution in [0.2, 0.25) is 0 Å². The van der Waals surface area contributed by atoms with Crippen LogP contribution in [0.1, 0.15) is 32.3 Å². The van der Waals surface area contributed by atoms with Crippen molar-refractivity contribution in [2.24, 2.45) is 11.7 Å². The number of benzene rings is 2. The summed E-state index contributed by atoms with van der Waals surface area (Å²) in [6, 6.07) is 7.23. The number of hydrogen-bond acceptors (Lipinski definition) is 5. The van der Waals surface area contributed by atoms with E-state index in [4.69, 9.17) is 11.0 Å². The first-order chi connectivity index (χ1) is 17.0. The summed E-state index contributed by atoms with van der Waals surface area (Å²) in [5.74, 6) is -2.74. The average molecular weight is 498 g/mol. The maximum Gasteiger partial charge on any atom is 0.326 e. The Morgan fingerprint density at radius 3 is 2.42 bits per heavy atom. The van der Waals surface area contributed by atoms with E-state index in [0.29, 0.717) is 23.1 Å². The van der Waals surface area contributed by atoms with Gasteiger partial charge in [-0.3, -0.25) is 14.9 Å². The largest absolute Gasteiger partial charge is 0.370 e. The van der Waals surface area contributed by atoms with E-state index in [9.17, 15) is 23.2 Å². The number of carbonyl (C=O) groups excluding carboxylic acids is 3. The summed E-state index contributed by atoms with van der Waals surface area (Å²) in [4.78, 5) is 42.3. The van der Waals surface area contributed by atoms with Crippen LogP contribution in [0, 0.1) is 28.9 Å². The van der Waals surface area contributed by atoms with E-state index in [2.05, 4.69) is 15.6 Å². The van der Waals surface area contributed by atoms with Crippen LogP contribution in [-0.4, -0.2) is 34.4 Å². The summed E-state index contributed by atoms with van der Waals surface area (Å²) in [5.41, 5.74) is 5.82. The highest BCUT2D eigenvalue weighted by Gasteiger charge is 2.19. The van der Waals surface area contributed by atoms with E-state index in [-0.39, 0.29) is 36.3 Å². The molecule has 0 unspecified atom stereocenters. The zero-order valence-corrected chi connectivity index (χ0v) is 19.9. The maximum absolute atomic E-state index is 14.2. The van der Waals surface area contributed by atoms with Crippen molar-refractivity contribution in [2.45, 2.75) is 33.2 Å². The SMILES string of the molecule is CC(C)CC(=O)N(C)c1ccc2c(c1)nc(NC(=O)Nc1c(F)cc(C#N)cc1F)n2CCC(N)=O. The lowest BCUT2D eigenvalue weighted by molar-refractivity contribution is -0.119. The highest BCUT2D eigenvalue weighted by Crippen LogP contribution is 2.26. The zero-order valence-electron chi connectivity index (χ0n) is 19.9. The van der Waals surface area contributed by atoms with Crippen LogP contribution in [0.15, 0.2) is 30.3 Å². The number of imidazole rings is 1. The molecule has 0 saturated heterocycles. The Hall–Kier alpha value is -4.53. The highest BCUT2D eigenvalue weighted by molar-refractivity contribution is 6.00. The Bertz CT molecular complexity index is 1360. The lowest BCUT2D eigenvalue weighted by Gasteiger charge is -2.18.